The van der Waals surface area contributed by atoms with Crippen LogP contribution in [0.25, 0.3) is 32.5 Å². The topological polar surface area (TPSA) is 96.4 Å². The van der Waals surface area contributed by atoms with Crippen LogP contribution >= 0.6 is 11.3 Å². The monoisotopic (exact) mass is 586 g/mol. The fourth-order valence-corrected chi connectivity index (χ4v) is 6.88. The third-order valence-electron chi connectivity index (χ3n) is 6.14. The van der Waals surface area contributed by atoms with Gasteiger partial charge in [0.1, 0.15) is 10.8 Å². The van der Waals surface area contributed by atoms with Gasteiger partial charge in [0.05, 0.1) is 22.5 Å². The summed E-state index contributed by atoms with van der Waals surface area (Å²) in [6.07, 6.45) is -4.50. The number of carboxylic acid groups (broad SMARTS) is 1. The lowest BCUT2D eigenvalue weighted by Gasteiger charge is -2.14. The summed E-state index contributed by atoms with van der Waals surface area (Å²) >= 11 is 0.816. The lowest BCUT2D eigenvalue weighted by molar-refractivity contribution is -0.137. The van der Waals surface area contributed by atoms with Crippen LogP contribution in [-0.4, -0.2) is 24.5 Å². The molecule has 5 rings (SSSR count). The Morgan fingerprint density at radius 3 is 2.23 bits per heavy atom. The predicted octanol–water partition coefficient (Wildman–Crippen LogP) is 7.60. The predicted molar refractivity (Wildman–Crippen MR) is 144 cm³/mol. The van der Waals surface area contributed by atoms with Crippen LogP contribution < -0.4 is 4.72 Å². The molecule has 0 aliphatic rings. The summed E-state index contributed by atoms with van der Waals surface area (Å²) in [6.45, 7) is 1.48. The number of thiazole rings is 1. The number of benzene rings is 4. The molecule has 0 amide bonds. The molecule has 40 heavy (non-hydrogen) atoms. The SMILES string of the molecule is Cc1nc(-c2ccc(C(F)(F)F)cc2)sc1S(=O)(=O)Nc1ccc(-c2cccc(C(=O)O)c2F)c2ccccc12. The molecular weight excluding hydrogens is 568 g/mol. The summed E-state index contributed by atoms with van der Waals surface area (Å²) in [6, 6.07) is 17.9. The fraction of sp³-hybridized carbons (Fsp3) is 0.0714. The summed E-state index contributed by atoms with van der Waals surface area (Å²) in [5.41, 5.74) is -0.204. The molecule has 0 saturated heterocycles. The molecular formula is C28H18F4N2O4S2. The Labute approximate surface area is 229 Å². The Kier molecular flexibility index (Phi) is 6.84. The van der Waals surface area contributed by atoms with Gasteiger partial charge in [0.2, 0.25) is 0 Å². The number of carboxylic acids is 1. The maximum Gasteiger partial charge on any atom is 0.416 e. The smallest absolute Gasteiger partial charge is 0.416 e. The molecule has 4 aromatic carbocycles. The highest BCUT2D eigenvalue weighted by Gasteiger charge is 2.30. The van der Waals surface area contributed by atoms with E-state index in [2.05, 4.69) is 9.71 Å². The van der Waals surface area contributed by atoms with Gasteiger partial charge in [0.15, 0.2) is 4.21 Å². The molecule has 5 aromatic rings. The second-order valence-electron chi connectivity index (χ2n) is 8.75. The zero-order chi connectivity index (χ0) is 28.8. The minimum atomic E-state index is -4.50. The minimum Gasteiger partial charge on any atom is -0.478 e. The Morgan fingerprint density at radius 2 is 1.57 bits per heavy atom. The van der Waals surface area contributed by atoms with Crippen LogP contribution in [0.2, 0.25) is 0 Å². The Bertz CT molecular complexity index is 1880. The molecule has 0 spiro atoms. The van der Waals surface area contributed by atoms with Crippen molar-refractivity contribution in [2.75, 3.05) is 4.72 Å². The number of hydrogen-bond donors (Lipinski definition) is 2. The maximum atomic E-state index is 15.0. The van der Waals surface area contributed by atoms with Crippen LogP contribution in [0.1, 0.15) is 21.6 Å². The standard InChI is InChI=1S/C28H18F4N2O4S2/c1-15-27(39-25(33-15)16-9-11-17(12-10-16)28(30,31)32)40(37,38)34-23-14-13-19(18-5-2-3-6-20(18)23)21-7-4-8-22(24(21)29)26(35)36/h2-14,34H,1H3,(H,35,36). The molecule has 204 valence electrons. The normalized spacial score (nSPS) is 12.0. The van der Waals surface area contributed by atoms with Gasteiger partial charge >= 0.3 is 12.1 Å². The molecule has 6 nitrogen and oxygen atoms in total. The summed E-state index contributed by atoms with van der Waals surface area (Å²) < 4.78 is 83.0. The number of hydrogen-bond acceptors (Lipinski definition) is 5. The first-order valence-electron chi connectivity index (χ1n) is 11.6. The molecule has 0 fully saturated rings. The molecule has 0 aliphatic heterocycles. The van der Waals surface area contributed by atoms with E-state index in [0.29, 0.717) is 21.9 Å². The highest BCUT2D eigenvalue weighted by molar-refractivity contribution is 7.94. The number of nitrogens with zero attached hydrogens (tertiary/aromatic N) is 1. The summed E-state index contributed by atoms with van der Waals surface area (Å²) in [5, 5.41) is 10.5. The van der Waals surface area contributed by atoms with E-state index in [1.807, 2.05) is 0 Å². The number of alkyl halides is 3. The number of fused-ring (bicyclic) bond motifs is 1. The number of carbonyl (C=O) groups is 1. The number of halogens is 4. The van der Waals surface area contributed by atoms with Crippen molar-refractivity contribution in [2.24, 2.45) is 0 Å². The third kappa shape index (κ3) is 5.03. The zero-order valence-electron chi connectivity index (χ0n) is 20.5. The molecule has 0 aliphatic carbocycles. The molecule has 2 N–H and O–H groups in total. The Morgan fingerprint density at radius 1 is 0.900 bits per heavy atom. The van der Waals surface area contributed by atoms with Gasteiger partial charge in [-0.2, -0.15) is 13.2 Å². The number of aromatic carboxylic acids is 1. The van der Waals surface area contributed by atoms with Crippen molar-refractivity contribution in [1.82, 2.24) is 4.98 Å². The van der Waals surface area contributed by atoms with Gasteiger partial charge in [-0.3, -0.25) is 4.72 Å². The largest absolute Gasteiger partial charge is 0.478 e. The first-order chi connectivity index (χ1) is 18.9. The van der Waals surface area contributed by atoms with E-state index in [0.717, 1.165) is 29.5 Å². The van der Waals surface area contributed by atoms with Crippen molar-refractivity contribution in [3.8, 4) is 21.7 Å². The fourth-order valence-electron chi connectivity index (χ4n) is 4.28. The Balaban J connectivity index is 1.52. The zero-order valence-corrected chi connectivity index (χ0v) is 22.1. The first-order valence-corrected chi connectivity index (χ1v) is 13.9. The van der Waals surface area contributed by atoms with Gasteiger partial charge in [0, 0.05) is 16.5 Å². The third-order valence-corrected chi connectivity index (χ3v) is 9.33. The van der Waals surface area contributed by atoms with Crippen LogP contribution in [-0.2, 0) is 16.2 Å². The van der Waals surface area contributed by atoms with Crippen molar-refractivity contribution in [3.63, 3.8) is 0 Å². The lowest BCUT2D eigenvalue weighted by Crippen LogP contribution is -2.13. The summed E-state index contributed by atoms with van der Waals surface area (Å²) in [4.78, 5) is 15.7. The number of nitrogens with one attached hydrogen (secondary N) is 1. The molecule has 12 heteroatoms. The van der Waals surface area contributed by atoms with Crippen molar-refractivity contribution in [3.05, 3.63) is 102 Å². The van der Waals surface area contributed by atoms with Crippen LogP contribution in [0.5, 0.6) is 0 Å². The average molecular weight is 587 g/mol. The number of anilines is 1. The van der Waals surface area contributed by atoms with E-state index in [1.165, 1.54) is 43.3 Å². The number of sulfonamides is 1. The molecule has 0 atom stereocenters. The van der Waals surface area contributed by atoms with E-state index >= 15 is 4.39 Å². The van der Waals surface area contributed by atoms with Gasteiger partial charge in [0.25, 0.3) is 10.0 Å². The molecule has 0 bridgehead atoms. The molecule has 1 aromatic heterocycles. The van der Waals surface area contributed by atoms with E-state index in [-0.39, 0.29) is 26.2 Å². The second kappa shape index (κ2) is 10.0. The maximum absolute atomic E-state index is 15.0. The molecule has 1 heterocycles. The van der Waals surface area contributed by atoms with Crippen molar-refractivity contribution in [2.45, 2.75) is 17.3 Å². The number of aryl methyl sites for hydroxylation is 1. The average Bonchev–Trinajstić information content (AvgIpc) is 3.31. The van der Waals surface area contributed by atoms with Crippen LogP contribution in [0.4, 0.5) is 23.2 Å². The van der Waals surface area contributed by atoms with Gasteiger partial charge in [-0.1, -0.05) is 54.6 Å². The highest BCUT2D eigenvalue weighted by Crippen LogP contribution is 2.38. The lowest BCUT2D eigenvalue weighted by atomic mass is 9.95. The molecule has 0 unspecified atom stereocenters. The first kappa shape index (κ1) is 27.3. The number of aromatic nitrogens is 1. The van der Waals surface area contributed by atoms with Gasteiger partial charge in [-0.25, -0.2) is 22.6 Å². The van der Waals surface area contributed by atoms with Gasteiger partial charge < -0.3 is 5.11 Å². The van der Waals surface area contributed by atoms with Crippen LogP contribution in [0.15, 0.2) is 83.1 Å². The number of rotatable bonds is 6. The van der Waals surface area contributed by atoms with Crippen LogP contribution in [0, 0.1) is 12.7 Å². The van der Waals surface area contributed by atoms with Gasteiger partial charge in [-0.05, 0) is 42.1 Å². The molecule has 0 saturated carbocycles. The summed E-state index contributed by atoms with van der Waals surface area (Å²) in [5.74, 6) is -2.33. The van der Waals surface area contributed by atoms with E-state index in [4.69, 9.17) is 0 Å². The van der Waals surface area contributed by atoms with E-state index < -0.39 is 39.1 Å². The van der Waals surface area contributed by atoms with Crippen LogP contribution in [0.3, 0.4) is 0 Å². The van der Waals surface area contributed by atoms with Crippen molar-refractivity contribution in [1.29, 1.82) is 0 Å². The minimum absolute atomic E-state index is 0.0463. The Hall–Kier alpha value is -4.29. The highest BCUT2D eigenvalue weighted by atomic mass is 32.2. The van der Waals surface area contributed by atoms with Gasteiger partial charge in [-0.15, -0.1) is 11.3 Å². The van der Waals surface area contributed by atoms with E-state index in [1.54, 1.807) is 24.3 Å². The van der Waals surface area contributed by atoms with E-state index in [9.17, 15) is 31.5 Å². The summed E-state index contributed by atoms with van der Waals surface area (Å²) in [7, 11) is -4.18. The second-order valence-corrected chi connectivity index (χ2v) is 11.6. The van der Waals surface area contributed by atoms with Crippen molar-refractivity contribution < 1.29 is 35.9 Å². The molecule has 0 radical (unpaired) electrons. The quantitative estimate of drug-likeness (QED) is 0.200. The van der Waals surface area contributed by atoms with Crippen molar-refractivity contribution >= 4 is 43.8 Å².